The van der Waals surface area contributed by atoms with E-state index in [1.54, 1.807) is 0 Å². The van der Waals surface area contributed by atoms with Crippen molar-refractivity contribution in [1.29, 1.82) is 0 Å². The number of fused-ring (bicyclic) bond motifs is 1. The topological polar surface area (TPSA) is 26.0 Å². The normalized spacial score (nSPS) is 12.6. The third-order valence-corrected chi connectivity index (χ3v) is 3.46. The summed E-state index contributed by atoms with van der Waals surface area (Å²) >= 11 is 0. The van der Waals surface area contributed by atoms with Crippen LogP contribution in [0.4, 0.5) is 8.78 Å². The molecule has 0 fully saturated rings. The number of benzene rings is 3. The Hall–Kier alpha value is -2.26. The lowest BCUT2D eigenvalue weighted by atomic mass is 9.94. The highest BCUT2D eigenvalue weighted by Gasteiger charge is 2.16. The summed E-state index contributed by atoms with van der Waals surface area (Å²) in [4.78, 5) is 0. The van der Waals surface area contributed by atoms with E-state index in [0.717, 1.165) is 22.4 Å². The van der Waals surface area contributed by atoms with E-state index in [4.69, 9.17) is 5.73 Å². The van der Waals surface area contributed by atoms with Gasteiger partial charge in [-0.2, -0.15) is 0 Å². The molecule has 1 atom stereocenters. The minimum atomic E-state index is -0.623. The molecule has 20 heavy (non-hydrogen) atoms. The lowest BCUT2D eigenvalue weighted by Crippen LogP contribution is -2.14. The summed E-state index contributed by atoms with van der Waals surface area (Å²) < 4.78 is 26.9. The van der Waals surface area contributed by atoms with Crippen LogP contribution < -0.4 is 5.73 Å². The molecule has 1 nitrogen and oxygen atoms in total. The van der Waals surface area contributed by atoms with Gasteiger partial charge in [-0.1, -0.05) is 48.5 Å². The molecule has 0 amide bonds. The molecular formula is C17H13F2N. The van der Waals surface area contributed by atoms with E-state index >= 15 is 0 Å². The van der Waals surface area contributed by atoms with E-state index in [1.807, 2.05) is 42.5 Å². The van der Waals surface area contributed by atoms with E-state index in [9.17, 15) is 8.78 Å². The summed E-state index contributed by atoms with van der Waals surface area (Å²) in [7, 11) is 0. The molecule has 0 radical (unpaired) electrons. The highest BCUT2D eigenvalue weighted by molar-refractivity contribution is 5.86. The molecule has 0 spiro atoms. The van der Waals surface area contributed by atoms with Crippen LogP contribution in [0.2, 0.25) is 0 Å². The van der Waals surface area contributed by atoms with Crippen molar-refractivity contribution in [3.63, 3.8) is 0 Å². The third-order valence-electron chi connectivity index (χ3n) is 3.46. The first-order chi connectivity index (χ1) is 9.66. The molecule has 3 aromatic rings. The molecule has 3 aromatic carbocycles. The van der Waals surface area contributed by atoms with Gasteiger partial charge in [0.15, 0.2) is 0 Å². The van der Waals surface area contributed by atoms with Crippen molar-refractivity contribution < 1.29 is 8.78 Å². The Morgan fingerprint density at radius 2 is 1.55 bits per heavy atom. The van der Waals surface area contributed by atoms with Crippen molar-refractivity contribution in [3.8, 4) is 0 Å². The Morgan fingerprint density at radius 1 is 0.800 bits per heavy atom. The first kappa shape index (κ1) is 12.8. The van der Waals surface area contributed by atoms with Gasteiger partial charge in [-0.15, -0.1) is 0 Å². The van der Waals surface area contributed by atoms with Gasteiger partial charge in [-0.3, -0.25) is 0 Å². The van der Waals surface area contributed by atoms with Crippen molar-refractivity contribution in [1.82, 2.24) is 0 Å². The van der Waals surface area contributed by atoms with Gasteiger partial charge in [-0.05, 0) is 22.4 Å². The monoisotopic (exact) mass is 269 g/mol. The van der Waals surface area contributed by atoms with Crippen molar-refractivity contribution in [2.24, 2.45) is 5.73 Å². The predicted octanol–water partition coefficient (Wildman–Crippen LogP) is 4.17. The molecule has 0 saturated carbocycles. The van der Waals surface area contributed by atoms with Crippen molar-refractivity contribution in [2.75, 3.05) is 0 Å². The maximum Gasteiger partial charge on any atom is 0.131 e. The molecule has 2 N–H and O–H groups in total. The number of halogens is 2. The summed E-state index contributed by atoms with van der Waals surface area (Å²) in [5, 5.41) is 2.02. The van der Waals surface area contributed by atoms with Crippen LogP contribution >= 0.6 is 0 Å². The van der Waals surface area contributed by atoms with Crippen LogP contribution in [-0.4, -0.2) is 0 Å². The highest BCUT2D eigenvalue weighted by Crippen LogP contribution is 2.28. The van der Waals surface area contributed by atoms with Gasteiger partial charge >= 0.3 is 0 Å². The number of hydrogen-bond acceptors (Lipinski definition) is 1. The Balaban J connectivity index is 2.15. The molecule has 1 unspecified atom stereocenters. The van der Waals surface area contributed by atoms with E-state index in [2.05, 4.69) is 0 Å². The summed E-state index contributed by atoms with van der Waals surface area (Å²) in [6.45, 7) is 0. The summed E-state index contributed by atoms with van der Waals surface area (Å²) in [5.41, 5.74) is 7.29. The van der Waals surface area contributed by atoms with Crippen LogP contribution in [0.5, 0.6) is 0 Å². The molecule has 0 bridgehead atoms. The Labute approximate surface area is 115 Å². The first-order valence-corrected chi connectivity index (χ1v) is 6.35. The smallest absolute Gasteiger partial charge is 0.131 e. The van der Waals surface area contributed by atoms with Gasteiger partial charge in [0.25, 0.3) is 0 Å². The molecule has 3 heteroatoms. The van der Waals surface area contributed by atoms with Crippen LogP contribution in [0.3, 0.4) is 0 Å². The van der Waals surface area contributed by atoms with Crippen LogP contribution in [0, 0.1) is 11.6 Å². The maximum absolute atomic E-state index is 13.9. The van der Waals surface area contributed by atoms with Crippen molar-refractivity contribution in [2.45, 2.75) is 6.04 Å². The third kappa shape index (κ3) is 2.17. The lowest BCUT2D eigenvalue weighted by Gasteiger charge is -2.16. The Kier molecular flexibility index (Phi) is 3.20. The van der Waals surface area contributed by atoms with E-state index in [-0.39, 0.29) is 0 Å². The zero-order chi connectivity index (χ0) is 14.1. The van der Waals surface area contributed by atoms with Gasteiger partial charge in [0.05, 0.1) is 6.04 Å². The molecule has 0 aliphatic rings. The predicted molar refractivity (Wildman–Crippen MR) is 76.3 cm³/mol. The van der Waals surface area contributed by atoms with Crippen molar-refractivity contribution in [3.05, 3.63) is 83.4 Å². The van der Waals surface area contributed by atoms with E-state index in [0.29, 0.717) is 5.56 Å². The SMILES string of the molecule is NC(c1ccc(F)cc1F)c1cccc2ccccc12. The van der Waals surface area contributed by atoms with Crippen LogP contribution in [0.15, 0.2) is 60.7 Å². The second kappa shape index (κ2) is 5.02. The zero-order valence-electron chi connectivity index (χ0n) is 10.7. The number of rotatable bonds is 2. The van der Waals surface area contributed by atoms with Gasteiger partial charge in [0, 0.05) is 11.6 Å². The molecule has 0 aliphatic heterocycles. The summed E-state index contributed by atoms with van der Waals surface area (Å²) in [6.07, 6.45) is 0. The molecule has 0 heterocycles. The molecular weight excluding hydrogens is 256 g/mol. The van der Waals surface area contributed by atoms with Crippen LogP contribution in [0.1, 0.15) is 17.2 Å². The second-order valence-corrected chi connectivity index (χ2v) is 4.71. The largest absolute Gasteiger partial charge is 0.320 e. The lowest BCUT2D eigenvalue weighted by molar-refractivity contribution is 0.566. The zero-order valence-corrected chi connectivity index (χ0v) is 10.7. The minimum Gasteiger partial charge on any atom is -0.320 e. The van der Waals surface area contributed by atoms with Crippen molar-refractivity contribution >= 4 is 10.8 Å². The fraction of sp³-hybridized carbons (Fsp3) is 0.0588. The first-order valence-electron chi connectivity index (χ1n) is 6.35. The van der Waals surface area contributed by atoms with Gasteiger partial charge in [-0.25, -0.2) is 8.78 Å². The fourth-order valence-electron chi connectivity index (χ4n) is 2.44. The highest BCUT2D eigenvalue weighted by atomic mass is 19.1. The van der Waals surface area contributed by atoms with E-state index in [1.165, 1.54) is 12.1 Å². The molecule has 0 aliphatic carbocycles. The molecule has 3 rings (SSSR count). The standard InChI is InChI=1S/C17H13F2N/c18-12-8-9-15(16(19)10-12)17(20)14-7-3-5-11-4-1-2-6-13(11)14/h1-10,17H,20H2. The summed E-state index contributed by atoms with van der Waals surface area (Å²) in [5.74, 6) is -1.22. The average Bonchev–Trinajstić information content (AvgIpc) is 2.46. The maximum atomic E-state index is 13.9. The number of nitrogens with two attached hydrogens (primary N) is 1. The van der Waals surface area contributed by atoms with Crippen LogP contribution in [0.25, 0.3) is 10.8 Å². The van der Waals surface area contributed by atoms with Crippen LogP contribution in [-0.2, 0) is 0 Å². The van der Waals surface area contributed by atoms with Gasteiger partial charge < -0.3 is 5.73 Å². The van der Waals surface area contributed by atoms with E-state index < -0.39 is 17.7 Å². The minimum absolute atomic E-state index is 0.294. The quantitative estimate of drug-likeness (QED) is 0.742. The fourth-order valence-corrected chi connectivity index (χ4v) is 2.44. The molecule has 0 aromatic heterocycles. The van der Waals surface area contributed by atoms with Gasteiger partial charge in [0.2, 0.25) is 0 Å². The Bertz CT molecular complexity index is 763. The second-order valence-electron chi connectivity index (χ2n) is 4.71. The van der Waals surface area contributed by atoms with Gasteiger partial charge in [0.1, 0.15) is 11.6 Å². The summed E-state index contributed by atoms with van der Waals surface area (Å²) in [6, 6.07) is 16.4. The Morgan fingerprint density at radius 3 is 2.35 bits per heavy atom. The molecule has 0 saturated heterocycles. The number of hydrogen-bond donors (Lipinski definition) is 1. The molecule has 100 valence electrons. The average molecular weight is 269 g/mol.